The summed E-state index contributed by atoms with van der Waals surface area (Å²) in [5.41, 5.74) is 5.48. The second kappa shape index (κ2) is 6.62. The minimum absolute atomic E-state index is 0.114. The van der Waals surface area contributed by atoms with Crippen molar-refractivity contribution in [1.29, 1.82) is 0 Å². The van der Waals surface area contributed by atoms with Crippen LogP contribution in [0.25, 0.3) is 0 Å². The Hall–Kier alpha value is -0.670. The molecule has 0 radical (unpaired) electrons. The van der Waals surface area contributed by atoms with Crippen molar-refractivity contribution in [2.75, 3.05) is 7.05 Å². The molecule has 2 heterocycles. The van der Waals surface area contributed by atoms with Crippen LogP contribution in [0.5, 0.6) is 0 Å². The van der Waals surface area contributed by atoms with Crippen molar-refractivity contribution in [3.05, 3.63) is 38.9 Å². The van der Waals surface area contributed by atoms with Gasteiger partial charge in [-0.05, 0) is 40.7 Å². The highest BCUT2D eigenvalue weighted by Gasteiger charge is 2.30. The van der Waals surface area contributed by atoms with Crippen LogP contribution in [0.4, 0.5) is 0 Å². The van der Waals surface area contributed by atoms with Crippen LogP contribution < -0.4 is 5.73 Å². The molecule has 0 aliphatic carbocycles. The molecular weight excluding hydrogens is 376 g/mol. The number of rotatable bonds is 6. The molecular formula is C13H17BrN2O3S2. The number of nitrogens with zero attached hydrogens (tertiary/aromatic N) is 1. The van der Waals surface area contributed by atoms with Gasteiger partial charge >= 0.3 is 0 Å². The molecule has 0 aromatic carbocycles. The summed E-state index contributed by atoms with van der Waals surface area (Å²) in [6.07, 6.45) is 0.673. The van der Waals surface area contributed by atoms with E-state index in [4.69, 9.17) is 10.2 Å². The lowest BCUT2D eigenvalue weighted by atomic mass is 10.2. The van der Waals surface area contributed by atoms with Gasteiger partial charge in [-0.2, -0.15) is 4.31 Å². The molecule has 1 unspecified atom stereocenters. The average molecular weight is 393 g/mol. The zero-order chi connectivity index (χ0) is 15.6. The van der Waals surface area contributed by atoms with Gasteiger partial charge in [0.1, 0.15) is 10.7 Å². The van der Waals surface area contributed by atoms with E-state index in [-0.39, 0.29) is 22.2 Å². The largest absolute Gasteiger partial charge is 0.452 e. The van der Waals surface area contributed by atoms with Crippen LogP contribution in [0.15, 0.2) is 37.6 Å². The molecule has 21 heavy (non-hydrogen) atoms. The molecule has 2 aromatic rings. The highest BCUT2D eigenvalue weighted by atomic mass is 79.9. The molecule has 0 saturated carbocycles. The maximum absolute atomic E-state index is 12.7. The summed E-state index contributed by atoms with van der Waals surface area (Å²) < 4.78 is 32.1. The summed E-state index contributed by atoms with van der Waals surface area (Å²) >= 11 is 4.77. The summed E-state index contributed by atoms with van der Waals surface area (Å²) in [5.74, 6) is 0.430. The SMILES string of the molecule is CC(Cc1cccs1)N(C)S(=O)(=O)c1cc(CN)oc1Br. The van der Waals surface area contributed by atoms with Gasteiger partial charge in [0.2, 0.25) is 10.0 Å². The number of sulfonamides is 1. The van der Waals surface area contributed by atoms with Crippen LogP contribution in [0.3, 0.4) is 0 Å². The maximum Gasteiger partial charge on any atom is 0.247 e. The number of hydrogen-bond donors (Lipinski definition) is 1. The van der Waals surface area contributed by atoms with Gasteiger partial charge in [-0.15, -0.1) is 11.3 Å². The van der Waals surface area contributed by atoms with E-state index in [1.54, 1.807) is 18.4 Å². The first-order chi connectivity index (χ1) is 9.86. The topological polar surface area (TPSA) is 76.5 Å². The predicted octanol–water partition coefficient (Wildman–Crippen LogP) is 2.81. The summed E-state index contributed by atoms with van der Waals surface area (Å²) in [7, 11) is -2.04. The summed E-state index contributed by atoms with van der Waals surface area (Å²) in [6, 6.07) is 5.27. The van der Waals surface area contributed by atoms with Gasteiger partial charge in [-0.25, -0.2) is 8.42 Å². The minimum atomic E-state index is -3.62. The van der Waals surface area contributed by atoms with E-state index < -0.39 is 10.0 Å². The molecule has 0 fully saturated rings. The highest BCUT2D eigenvalue weighted by Crippen LogP contribution is 2.29. The van der Waals surface area contributed by atoms with E-state index >= 15 is 0 Å². The fraction of sp³-hybridized carbons (Fsp3) is 0.385. The molecule has 8 heteroatoms. The second-order valence-electron chi connectivity index (χ2n) is 4.71. The lowest BCUT2D eigenvalue weighted by Gasteiger charge is -2.23. The van der Waals surface area contributed by atoms with Gasteiger partial charge in [-0.1, -0.05) is 6.07 Å². The molecule has 0 spiro atoms. The highest BCUT2D eigenvalue weighted by molar-refractivity contribution is 9.10. The average Bonchev–Trinajstić information content (AvgIpc) is 3.07. The number of likely N-dealkylation sites (N-methyl/N-ethyl adjacent to an activating group) is 1. The molecule has 0 amide bonds. The number of thiophene rings is 1. The van der Waals surface area contributed by atoms with Crippen LogP contribution in [-0.2, 0) is 23.0 Å². The van der Waals surface area contributed by atoms with Gasteiger partial charge in [0, 0.05) is 24.0 Å². The normalized spacial score (nSPS) is 13.8. The minimum Gasteiger partial charge on any atom is -0.452 e. The van der Waals surface area contributed by atoms with E-state index in [1.807, 2.05) is 24.4 Å². The van der Waals surface area contributed by atoms with E-state index in [2.05, 4.69) is 15.9 Å². The first-order valence-corrected chi connectivity index (χ1v) is 9.46. The maximum atomic E-state index is 12.7. The van der Waals surface area contributed by atoms with Crippen molar-refractivity contribution < 1.29 is 12.8 Å². The Bertz CT molecular complexity index is 695. The third kappa shape index (κ3) is 3.57. The molecule has 0 aliphatic heterocycles. The summed E-state index contributed by atoms with van der Waals surface area (Å²) in [4.78, 5) is 1.27. The van der Waals surface area contributed by atoms with Crippen LogP contribution in [0.1, 0.15) is 17.6 Å². The van der Waals surface area contributed by atoms with Gasteiger partial charge < -0.3 is 10.2 Å². The first kappa shape index (κ1) is 16.7. The second-order valence-corrected chi connectivity index (χ2v) is 8.43. The van der Waals surface area contributed by atoms with Crippen molar-refractivity contribution in [3.63, 3.8) is 0 Å². The Labute approximate surface area is 136 Å². The number of hydrogen-bond acceptors (Lipinski definition) is 5. The Kier molecular flexibility index (Phi) is 5.26. The Morgan fingerprint density at radius 3 is 2.76 bits per heavy atom. The molecule has 0 saturated heterocycles. The number of halogens is 1. The third-order valence-corrected chi connectivity index (χ3v) is 6.99. The first-order valence-electron chi connectivity index (χ1n) is 6.35. The smallest absolute Gasteiger partial charge is 0.247 e. The van der Waals surface area contributed by atoms with Gasteiger partial charge in [0.25, 0.3) is 0 Å². The van der Waals surface area contributed by atoms with E-state index in [0.29, 0.717) is 12.2 Å². The molecule has 2 aromatic heterocycles. The Morgan fingerprint density at radius 2 is 2.24 bits per heavy atom. The number of nitrogens with two attached hydrogens (primary N) is 1. The zero-order valence-corrected chi connectivity index (χ0v) is 15.0. The lowest BCUT2D eigenvalue weighted by Crippen LogP contribution is -2.36. The molecule has 2 rings (SSSR count). The monoisotopic (exact) mass is 392 g/mol. The van der Waals surface area contributed by atoms with E-state index in [9.17, 15) is 8.42 Å². The molecule has 5 nitrogen and oxygen atoms in total. The van der Waals surface area contributed by atoms with E-state index in [0.717, 1.165) is 4.88 Å². The van der Waals surface area contributed by atoms with Gasteiger partial charge in [0.05, 0.1) is 6.54 Å². The van der Waals surface area contributed by atoms with Crippen molar-refractivity contribution in [2.24, 2.45) is 5.73 Å². The van der Waals surface area contributed by atoms with Crippen LogP contribution in [0, 0.1) is 0 Å². The molecule has 116 valence electrons. The van der Waals surface area contributed by atoms with Crippen molar-refractivity contribution in [2.45, 2.75) is 30.8 Å². The summed E-state index contributed by atoms with van der Waals surface area (Å²) in [5, 5.41) is 1.98. The predicted molar refractivity (Wildman–Crippen MR) is 86.7 cm³/mol. The van der Waals surface area contributed by atoms with Crippen molar-refractivity contribution >= 4 is 37.3 Å². The molecule has 2 N–H and O–H groups in total. The summed E-state index contributed by atoms with van der Waals surface area (Å²) in [6.45, 7) is 2.04. The number of furan rings is 1. The van der Waals surface area contributed by atoms with Crippen LogP contribution in [-0.4, -0.2) is 25.8 Å². The third-order valence-electron chi connectivity index (χ3n) is 3.26. The van der Waals surface area contributed by atoms with Crippen molar-refractivity contribution in [3.8, 4) is 0 Å². The van der Waals surface area contributed by atoms with Crippen molar-refractivity contribution in [1.82, 2.24) is 4.31 Å². The lowest BCUT2D eigenvalue weighted by molar-refractivity contribution is 0.387. The Morgan fingerprint density at radius 1 is 1.52 bits per heavy atom. The van der Waals surface area contributed by atoms with Crippen LogP contribution in [0.2, 0.25) is 0 Å². The Balaban J connectivity index is 2.23. The standard InChI is InChI=1S/C13H17BrN2O3S2/c1-9(6-11-4-3-5-20-11)16(2)21(17,18)12-7-10(8-15)19-13(12)14/h3-5,7,9H,6,8,15H2,1-2H3. The van der Waals surface area contributed by atoms with Crippen LogP contribution >= 0.6 is 27.3 Å². The van der Waals surface area contributed by atoms with Gasteiger partial charge in [-0.3, -0.25) is 0 Å². The molecule has 0 bridgehead atoms. The van der Waals surface area contributed by atoms with Gasteiger partial charge in [0.15, 0.2) is 4.67 Å². The fourth-order valence-electron chi connectivity index (χ4n) is 1.91. The quantitative estimate of drug-likeness (QED) is 0.819. The fourth-order valence-corrected chi connectivity index (χ4v) is 5.06. The molecule has 0 aliphatic rings. The zero-order valence-electron chi connectivity index (χ0n) is 11.7. The van der Waals surface area contributed by atoms with E-state index in [1.165, 1.54) is 10.4 Å². The molecule has 1 atom stereocenters.